The molecule has 0 saturated carbocycles. The van der Waals surface area contributed by atoms with Crippen LogP contribution >= 0.6 is 43.6 Å². The molecule has 1 aromatic carbocycles. The number of nitrogens with zero attached hydrogens (tertiary/aromatic N) is 1. The second kappa shape index (κ2) is 8.37. The summed E-state index contributed by atoms with van der Waals surface area (Å²) in [4.78, 5) is 37.3. The Morgan fingerprint density at radius 1 is 1.32 bits per heavy atom. The van der Waals surface area contributed by atoms with E-state index in [9.17, 15) is 14.4 Å². The number of halogens is 2. The van der Waals surface area contributed by atoms with Gasteiger partial charge in [0.1, 0.15) is 11.8 Å². The van der Waals surface area contributed by atoms with E-state index in [1.807, 2.05) is 6.92 Å². The molecule has 2 amide bonds. The largest absolute Gasteiger partial charge is 0.492 e. The van der Waals surface area contributed by atoms with E-state index in [0.29, 0.717) is 17.9 Å². The van der Waals surface area contributed by atoms with Crippen molar-refractivity contribution in [2.24, 2.45) is 0 Å². The quantitative estimate of drug-likeness (QED) is 0.453. The first-order chi connectivity index (χ1) is 11.8. The van der Waals surface area contributed by atoms with Crippen LogP contribution in [0.15, 0.2) is 26.0 Å². The third-order valence-electron chi connectivity index (χ3n) is 3.36. The molecule has 0 N–H and O–H groups in total. The highest BCUT2D eigenvalue weighted by molar-refractivity contribution is 9.11. The van der Waals surface area contributed by atoms with Crippen LogP contribution in [-0.4, -0.2) is 41.8 Å². The predicted octanol–water partition coefficient (Wildman–Crippen LogP) is 4.21. The third-order valence-corrected chi connectivity index (χ3v) is 5.42. The predicted molar refractivity (Wildman–Crippen MR) is 102 cm³/mol. The van der Waals surface area contributed by atoms with Crippen LogP contribution in [0.5, 0.6) is 5.75 Å². The van der Waals surface area contributed by atoms with E-state index in [1.165, 1.54) is 14.0 Å². The topological polar surface area (TPSA) is 72.9 Å². The van der Waals surface area contributed by atoms with Gasteiger partial charge in [-0.25, -0.2) is 4.79 Å². The smallest absolute Gasteiger partial charge is 0.328 e. The molecule has 25 heavy (non-hydrogen) atoms. The van der Waals surface area contributed by atoms with Crippen LogP contribution in [0.3, 0.4) is 0 Å². The van der Waals surface area contributed by atoms with Crippen molar-refractivity contribution in [3.63, 3.8) is 0 Å². The number of carbonyl (C=O) groups is 3. The molecule has 1 aromatic rings. The fourth-order valence-electron chi connectivity index (χ4n) is 2.19. The van der Waals surface area contributed by atoms with Crippen LogP contribution in [0.2, 0.25) is 0 Å². The molecule has 1 aliphatic rings. The number of imide groups is 1. The van der Waals surface area contributed by atoms with Crippen LogP contribution in [0, 0.1) is 0 Å². The van der Waals surface area contributed by atoms with Gasteiger partial charge < -0.3 is 9.47 Å². The summed E-state index contributed by atoms with van der Waals surface area (Å²) in [5.41, 5.74) is 0.707. The van der Waals surface area contributed by atoms with E-state index >= 15 is 0 Å². The molecule has 0 aromatic heterocycles. The van der Waals surface area contributed by atoms with Crippen LogP contribution in [-0.2, 0) is 14.3 Å². The summed E-state index contributed by atoms with van der Waals surface area (Å²) in [5, 5.41) is -0.502. The fraction of sp³-hybridized carbons (Fsp3) is 0.312. The number of rotatable bonds is 5. The highest BCUT2D eigenvalue weighted by Crippen LogP contribution is 2.38. The number of benzene rings is 1. The Morgan fingerprint density at radius 3 is 2.44 bits per heavy atom. The molecule has 0 aliphatic carbocycles. The first kappa shape index (κ1) is 20.0. The molecular formula is C16H15Br2NO5S. The second-order valence-electron chi connectivity index (χ2n) is 5.00. The van der Waals surface area contributed by atoms with Gasteiger partial charge in [0.15, 0.2) is 0 Å². The van der Waals surface area contributed by atoms with Crippen LogP contribution in [0.25, 0.3) is 6.08 Å². The molecule has 2 rings (SSSR count). The highest BCUT2D eigenvalue weighted by Gasteiger charge is 2.41. The minimum Gasteiger partial charge on any atom is -0.492 e. The molecule has 1 fully saturated rings. The number of carbonyl (C=O) groups excluding carboxylic acids is 3. The van der Waals surface area contributed by atoms with Crippen molar-refractivity contribution in [2.75, 3.05) is 13.7 Å². The maximum Gasteiger partial charge on any atom is 0.328 e. The van der Waals surface area contributed by atoms with Gasteiger partial charge in [-0.15, -0.1) is 0 Å². The Kier molecular flexibility index (Phi) is 6.70. The molecule has 9 heteroatoms. The summed E-state index contributed by atoms with van der Waals surface area (Å²) in [6.45, 7) is 3.85. The molecule has 1 atom stereocenters. The van der Waals surface area contributed by atoms with Gasteiger partial charge in [-0.05, 0) is 81.2 Å². The fourth-order valence-corrected chi connectivity index (χ4v) is 4.55. The minimum atomic E-state index is -0.970. The average Bonchev–Trinajstić information content (AvgIpc) is 2.83. The number of ether oxygens (including phenoxy) is 2. The lowest BCUT2D eigenvalue weighted by atomic mass is 10.2. The normalized spacial score (nSPS) is 17.2. The molecule has 0 radical (unpaired) electrons. The van der Waals surface area contributed by atoms with Crippen molar-refractivity contribution in [2.45, 2.75) is 19.9 Å². The second-order valence-corrected chi connectivity index (χ2v) is 7.70. The van der Waals surface area contributed by atoms with Gasteiger partial charge in [-0.2, -0.15) is 0 Å². The molecular weight excluding hydrogens is 478 g/mol. The first-order valence-electron chi connectivity index (χ1n) is 7.26. The number of esters is 1. The number of hydrogen-bond donors (Lipinski definition) is 0. The maximum absolute atomic E-state index is 12.5. The van der Waals surface area contributed by atoms with Crippen LogP contribution in [0.4, 0.5) is 4.79 Å². The van der Waals surface area contributed by atoms with Crippen molar-refractivity contribution >= 4 is 66.8 Å². The zero-order chi connectivity index (χ0) is 18.7. The lowest BCUT2D eigenvalue weighted by Gasteiger charge is -2.18. The summed E-state index contributed by atoms with van der Waals surface area (Å²) in [7, 11) is 1.21. The molecule has 1 aliphatic heterocycles. The van der Waals surface area contributed by atoms with Crippen molar-refractivity contribution < 1.29 is 23.9 Å². The number of hydrogen-bond acceptors (Lipinski definition) is 6. The Labute approximate surface area is 166 Å². The van der Waals surface area contributed by atoms with E-state index in [4.69, 9.17) is 4.74 Å². The lowest BCUT2D eigenvalue weighted by Crippen LogP contribution is -2.42. The molecule has 0 unspecified atom stereocenters. The maximum atomic E-state index is 12.5. The number of amides is 2. The van der Waals surface area contributed by atoms with E-state index in [2.05, 4.69) is 36.6 Å². The van der Waals surface area contributed by atoms with E-state index in [1.54, 1.807) is 18.2 Å². The van der Waals surface area contributed by atoms with Gasteiger partial charge in [0.05, 0.1) is 27.6 Å². The summed E-state index contributed by atoms with van der Waals surface area (Å²) in [5.74, 6) is -0.504. The Balaban J connectivity index is 2.32. The SMILES string of the molecule is CCOc1c(Br)cc(/C=C2/SC(=O)N([C@@H](C)C(=O)OC)C2=O)cc1Br. The number of methoxy groups -OCH3 is 1. The third kappa shape index (κ3) is 4.27. The zero-order valence-electron chi connectivity index (χ0n) is 13.7. The van der Waals surface area contributed by atoms with Crippen LogP contribution in [0.1, 0.15) is 19.4 Å². The molecule has 1 heterocycles. The molecule has 134 valence electrons. The van der Waals surface area contributed by atoms with Gasteiger partial charge in [-0.3, -0.25) is 14.5 Å². The lowest BCUT2D eigenvalue weighted by molar-refractivity contribution is -0.148. The van der Waals surface area contributed by atoms with E-state index in [0.717, 1.165) is 25.6 Å². The van der Waals surface area contributed by atoms with Crippen molar-refractivity contribution in [3.05, 3.63) is 31.5 Å². The zero-order valence-corrected chi connectivity index (χ0v) is 17.7. The first-order valence-corrected chi connectivity index (χ1v) is 9.67. The van der Waals surface area contributed by atoms with Crippen molar-refractivity contribution in [1.29, 1.82) is 0 Å². The van der Waals surface area contributed by atoms with Gasteiger partial charge in [0.25, 0.3) is 11.1 Å². The summed E-state index contributed by atoms with van der Waals surface area (Å²) in [6.07, 6.45) is 1.60. The molecule has 6 nitrogen and oxygen atoms in total. The monoisotopic (exact) mass is 491 g/mol. The molecule has 1 saturated heterocycles. The van der Waals surface area contributed by atoms with Crippen molar-refractivity contribution in [1.82, 2.24) is 4.90 Å². The summed E-state index contributed by atoms with van der Waals surface area (Å²) >= 11 is 7.64. The summed E-state index contributed by atoms with van der Waals surface area (Å²) in [6, 6.07) is 2.60. The Bertz CT molecular complexity index is 742. The Morgan fingerprint density at radius 2 is 1.92 bits per heavy atom. The van der Waals surface area contributed by atoms with Crippen molar-refractivity contribution in [3.8, 4) is 5.75 Å². The standard InChI is InChI=1S/C16H15Br2NO5S/c1-4-24-13-10(17)5-9(6-11(13)18)7-12-14(20)19(16(22)25-12)8(2)15(21)23-3/h5-8H,4H2,1-3H3/b12-7+/t8-/m0/s1. The number of thioether (sulfide) groups is 1. The Hall–Kier alpha value is -1.32. The van der Waals surface area contributed by atoms with E-state index in [-0.39, 0.29) is 4.91 Å². The van der Waals surface area contributed by atoms with Crippen LogP contribution < -0.4 is 4.74 Å². The average molecular weight is 493 g/mol. The minimum absolute atomic E-state index is 0.240. The van der Waals surface area contributed by atoms with Gasteiger partial charge in [0.2, 0.25) is 0 Å². The summed E-state index contributed by atoms with van der Waals surface area (Å²) < 4.78 is 11.6. The van der Waals surface area contributed by atoms with Gasteiger partial charge in [0, 0.05) is 0 Å². The molecule has 0 bridgehead atoms. The van der Waals surface area contributed by atoms with Gasteiger partial charge in [-0.1, -0.05) is 0 Å². The van der Waals surface area contributed by atoms with Gasteiger partial charge >= 0.3 is 5.97 Å². The van der Waals surface area contributed by atoms with E-state index < -0.39 is 23.2 Å². The highest BCUT2D eigenvalue weighted by atomic mass is 79.9. The molecule has 0 spiro atoms.